The molecule has 4 rings (SSSR count). The molecule has 0 aliphatic carbocycles. The van der Waals surface area contributed by atoms with E-state index in [0.717, 1.165) is 25.1 Å². The Labute approximate surface area is 142 Å². The van der Waals surface area contributed by atoms with Crippen LogP contribution in [0.3, 0.4) is 0 Å². The van der Waals surface area contributed by atoms with Crippen LogP contribution in [0.2, 0.25) is 0 Å². The van der Waals surface area contributed by atoms with Crippen molar-refractivity contribution >= 4 is 48.3 Å². The van der Waals surface area contributed by atoms with Gasteiger partial charge in [0.25, 0.3) is 0 Å². The van der Waals surface area contributed by atoms with Crippen LogP contribution >= 0.6 is 31.9 Å². The standard InChI is InChI=1S/C16H10Br2N2O2/c17-7-1-3-9-11(5-7)19-15(21)13(9)14-10-4-2-8(18)6-12(10)20-16(14)22/h1-6,15,20-22H. The Hall–Kier alpha value is -1.63. The van der Waals surface area contributed by atoms with Crippen LogP contribution in [0.4, 0.5) is 0 Å². The molecule has 0 saturated heterocycles. The molecule has 1 aromatic heterocycles. The second kappa shape index (κ2) is 4.94. The molecule has 0 amide bonds. The molecule has 2 heterocycles. The summed E-state index contributed by atoms with van der Waals surface area (Å²) in [5, 5.41) is 23.1. The highest BCUT2D eigenvalue weighted by atomic mass is 79.9. The van der Waals surface area contributed by atoms with E-state index in [1.54, 1.807) is 0 Å². The van der Waals surface area contributed by atoms with Crippen molar-refractivity contribution in [3.8, 4) is 5.88 Å². The van der Waals surface area contributed by atoms with Crippen molar-refractivity contribution in [3.63, 3.8) is 0 Å². The van der Waals surface area contributed by atoms with E-state index in [4.69, 9.17) is 0 Å². The number of aromatic hydroxyl groups is 1. The number of hydrogen-bond donors (Lipinski definition) is 3. The first-order chi connectivity index (χ1) is 10.5. The zero-order chi connectivity index (χ0) is 15.4. The van der Waals surface area contributed by atoms with Gasteiger partial charge in [0.2, 0.25) is 0 Å². The Kier molecular flexibility index (Phi) is 3.14. The molecule has 110 valence electrons. The molecular formula is C16H10Br2N2O2. The molecular weight excluding hydrogens is 412 g/mol. The zero-order valence-electron chi connectivity index (χ0n) is 11.1. The highest BCUT2D eigenvalue weighted by molar-refractivity contribution is 9.10. The molecule has 0 radical (unpaired) electrons. The molecule has 3 aromatic rings. The molecule has 6 heteroatoms. The number of hydrogen-bond acceptors (Lipinski definition) is 3. The van der Waals surface area contributed by atoms with Crippen molar-refractivity contribution < 1.29 is 10.2 Å². The number of aromatic amines is 1. The summed E-state index contributed by atoms with van der Waals surface area (Å²) in [7, 11) is 0. The monoisotopic (exact) mass is 420 g/mol. The summed E-state index contributed by atoms with van der Waals surface area (Å²) < 4.78 is 1.81. The second-order valence-corrected chi connectivity index (χ2v) is 6.95. The van der Waals surface area contributed by atoms with Crippen LogP contribution in [0.1, 0.15) is 5.56 Å². The van der Waals surface area contributed by atoms with Gasteiger partial charge in [-0.2, -0.15) is 0 Å². The van der Waals surface area contributed by atoms with Gasteiger partial charge in [0.05, 0.1) is 16.4 Å². The zero-order valence-corrected chi connectivity index (χ0v) is 14.3. The van der Waals surface area contributed by atoms with Gasteiger partial charge < -0.3 is 15.2 Å². The largest absolute Gasteiger partial charge is 0.494 e. The SMILES string of the molecule is Oc1[nH]c2cc(Br)ccc2c1C1=c2ccc(Br)cc2=NC1O. The number of nitrogens with zero attached hydrogens (tertiary/aromatic N) is 1. The van der Waals surface area contributed by atoms with Gasteiger partial charge in [0.1, 0.15) is 0 Å². The summed E-state index contributed by atoms with van der Waals surface area (Å²) in [5.41, 5.74) is 2.01. The summed E-state index contributed by atoms with van der Waals surface area (Å²) in [6.07, 6.45) is -0.988. The topological polar surface area (TPSA) is 68.6 Å². The van der Waals surface area contributed by atoms with Gasteiger partial charge in [-0.1, -0.05) is 44.0 Å². The van der Waals surface area contributed by atoms with Crippen LogP contribution in [0.5, 0.6) is 5.88 Å². The van der Waals surface area contributed by atoms with E-state index in [1.807, 2.05) is 36.4 Å². The summed E-state index contributed by atoms with van der Waals surface area (Å²) in [6, 6.07) is 11.3. The number of aliphatic hydroxyl groups is 1. The molecule has 0 spiro atoms. The summed E-state index contributed by atoms with van der Waals surface area (Å²) >= 11 is 6.82. The van der Waals surface area contributed by atoms with Crippen LogP contribution in [-0.2, 0) is 0 Å². The Balaban J connectivity index is 2.12. The van der Waals surface area contributed by atoms with E-state index in [9.17, 15) is 10.2 Å². The van der Waals surface area contributed by atoms with Crippen molar-refractivity contribution in [2.75, 3.05) is 0 Å². The number of nitrogens with one attached hydrogen (secondary N) is 1. The lowest BCUT2D eigenvalue weighted by molar-refractivity contribution is 0.242. The second-order valence-electron chi connectivity index (χ2n) is 5.12. The quantitative estimate of drug-likeness (QED) is 0.565. The number of rotatable bonds is 1. The minimum atomic E-state index is -0.988. The van der Waals surface area contributed by atoms with E-state index in [2.05, 4.69) is 41.8 Å². The van der Waals surface area contributed by atoms with E-state index in [1.165, 1.54) is 0 Å². The molecule has 0 bridgehead atoms. The molecule has 2 aromatic carbocycles. The van der Waals surface area contributed by atoms with Gasteiger partial charge in [-0.05, 0) is 24.3 Å². The maximum absolute atomic E-state index is 10.4. The van der Waals surface area contributed by atoms with Crippen molar-refractivity contribution in [2.24, 2.45) is 4.99 Å². The van der Waals surface area contributed by atoms with E-state index < -0.39 is 6.23 Å². The first kappa shape index (κ1) is 14.0. The molecule has 22 heavy (non-hydrogen) atoms. The van der Waals surface area contributed by atoms with Crippen LogP contribution in [0.25, 0.3) is 16.5 Å². The smallest absolute Gasteiger partial charge is 0.197 e. The fourth-order valence-electron chi connectivity index (χ4n) is 2.87. The van der Waals surface area contributed by atoms with Crippen LogP contribution < -0.4 is 10.6 Å². The van der Waals surface area contributed by atoms with Gasteiger partial charge in [0.15, 0.2) is 12.1 Å². The maximum atomic E-state index is 10.4. The lowest BCUT2D eigenvalue weighted by atomic mass is 10.0. The highest BCUT2D eigenvalue weighted by Crippen LogP contribution is 2.35. The normalized spacial score (nSPS) is 16.9. The van der Waals surface area contributed by atoms with Crippen molar-refractivity contribution in [1.29, 1.82) is 0 Å². The van der Waals surface area contributed by atoms with Crippen LogP contribution in [0, 0.1) is 0 Å². The van der Waals surface area contributed by atoms with Gasteiger partial charge in [-0.15, -0.1) is 0 Å². The van der Waals surface area contributed by atoms with E-state index in [-0.39, 0.29) is 5.88 Å². The third kappa shape index (κ3) is 2.02. The number of aromatic nitrogens is 1. The lowest BCUT2D eigenvalue weighted by Gasteiger charge is -2.07. The first-order valence-electron chi connectivity index (χ1n) is 6.61. The Morgan fingerprint density at radius 3 is 2.59 bits per heavy atom. The van der Waals surface area contributed by atoms with E-state index >= 15 is 0 Å². The first-order valence-corrected chi connectivity index (χ1v) is 8.19. The third-order valence-electron chi connectivity index (χ3n) is 3.78. The molecule has 1 unspecified atom stereocenters. The van der Waals surface area contributed by atoms with Crippen LogP contribution in [0.15, 0.2) is 50.3 Å². The van der Waals surface area contributed by atoms with Crippen molar-refractivity contribution in [3.05, 3.63) is 61.5 Å². The molecule has 0 fully saturated rings. The molecule has 1 atom stereocenters. The lowest BCUT2D eigenvalue weighted by Crippen LogP contribution is -2.23. The summed E-state index contributed by atoms with van der Waals surface area (Å²) in [4.78, 5) is 7.22. The molecule has 0 saturated carbocycles. The Bertz CT molecular complexity index is 1040. The van der Waals surface area contributed by atoms with Gasteiger partial charge >= 0.3 is 0 Å². The molecule has 1 aliphatic heterocycles. The van der Waals surface area contributed by atoms with Crippen LogP contribution in [-0.4, -0.2) is 21.4 Å². The maximum Gasteiger partial charge on any atom is 0.197 e. The Morgan fingerprint density at radius 1 is 1.05 bits per heavy atom. The highest BCUT2D eigenvalue weighted by Gasteiger charge is 2.25. The van der Waals surface area contributed by atoms with Crippen molar-refractivity contribution in [1.82, 2.24) is 4.98 Å². The van der Waals surface area contributed by atoms with Gasteiger partial charge in [0, 0.05) is 25.1 Å². The minimum Gasteiger partial charge on any atom is -0.494 e. The predicted molar refractivity (Wildman–Crippen MR) is 91.1 cm³/mol. The minimum absolute atomic E-state index is 0.0353. The summed E-state index contributed by atoms with van der Waals surface area (Å²) in [6.45, 7) is 0. The average Bonchev–Trinajstić information content (AvgIpc) is 2.93. The van der Waals surface area contributed by atoms with Crippen molar-refractivity contribution in [2.45, 2.75) is 6.23 Å². The molecule has 1 aliphatic rings. The molecule has 3 N–H and O–H groups in total. The Morgan fingerprint density at radius 2 is 1.77 bits per heavy atom. The molecule has 4 nitrogen and oxygen atoms in total. The van der Waals surface area contributed by atoms with Gasteiger partial charge in [-0.25, -0.2) is 4.99 Å². The number of halogens is 2. The number of aliphatic hydroxyl groups excluding tert-OH is 1. The fourth-order valence-corrected chi connectivity index (χ4v) is 3.58. The number of fused-ring (bicyclic) bond motifs is 2. The number of benzene rings is 2. The third-order valence-corrected chi connectivity index (χ3v) is 4.77. The number of H-pyrrole nitrogens is 1. The van der Waals surface area contributed by atoms with Gasteiger partial charge in [-0.3, -0.25) is 0 Å². The fraction of sp³-hybridized carbons (Fsp3) is 0.0625. The average molecular weight is 422 g/mol. The van der Waals surface area contributed by atoms with E-state index in [0.29, 0.717) is 16.5 Å². The summed E-state index contributed by atoms with van der Waals surface area (Å²) in [5.74, 6) is 0.0353. The predicted octanol–water partition coefficient (Wildman–Crippen LogP) is 2.55.